The molecule has 164 valence electrons. The highest BCUT2D eigenvalue weighted by atomic mass is 32.2. The lowest BCUT2D eigenvalue weighted by molar-refractivity contribution is -0.137. The van der Waals surface area contributed by atoms with Gasteiger partial charge >= 0.3 is 6.18 Å². The maximum absolute atomic E-state index is 12.7. The normalized spacial score (nSPS) is 23.9. The molecule has 0 saturated carbocycles. The van der Waals surface area contributed by atoms with Crippen molar-refractivity contribution in [3.8, 4) is 0 Å². The van der Waals surface area contributed by atoms with Crippen molar-refractivity contribution in [2.45, 2.75) is 64.4 Å². The fourth-order valence-electron chi connectivity index (χ4n) is 3.64. The summed E-state index contributed by atoms with van der Waals surface area (Å²) in [4.78, 5) is 14.5. The van der Waals surface area contributed by atoms with Gasteiger partial charge in [0.05, 0.1) is 22.5 Å². The Kier molecular flexibility index (Phi) is 6.77. The molecule has 29 heavy (non-hydrogen) atoms. The number of benzene rings is 1. The molecular weight excluding hydrogens is 403 g/mol. The number of hydrogen-bond acceptors (Lipinski definition) is 3. The lowest BCUT2D eigenvalue weighted by Gasteiger charge is -2.42. The van der Waals surface area contributed by atoms with Crippen molar-refractivity contribution >= 4 is 15.7 Å². The minimum atomic E-state index is -4.40. The van der Waals surface area contributed by atoms with E-state index in [9.17, 15) is 26.4 Å². The molecule has 0 radical (unpaired) electrons. The molecule has 1 heterocycles. The van der Waals surface area contributed by atoms with E-state index < -0.39 is 26.3 Å². The Labute approximate surface area is 171 Å². The van der Waals surface area contributed by atoms with Crippen molar-refractivity contribution in [2.75, 3.05) is 12.3 Å². The number of piperidine rings is 1. The van der Waals surface area contributed by atoms with Crippen molar-refractivity contribution in [1.82, 2.24) is 4.90 Å². The molecule has 0 aromatic heterocycles. The zero-order valence-electron chi connectivity index (χ0n) is 17.6. The van der Waals surface area contributed by atoms with Crippen molar-refractivity contribution < 1.29 is 26.4 Å². The van der Waals surface area contributed by atoms with Gasteiger partial charge in [-0.15, -0.1) is 0 Å². The zero-order chi connectivity index (χ0) is 22.2. The summed E-state index contributed by atoms with van der Waals surface area (Å²) in [5, 5.41) is 0. The average molecular weight is 434 g/mol. The Hall–Kier alpha value is -1.57. The molecule has 3 atom stereocenters. The first-order chi connectivity index (χ1) is 13.1. The van der Waals surface area contributed by atoms with Crippen LogP contribution in [0.4, 0.5) is 13.2 Å². The molecule has 0 spiro atoms. The van der Waals surface area contributed by atoms with Gasteiger partial charge in [-0.25, -0.2) is 8.42 Å². The van der Waals surface area contributed by atoms with Crippen LogP contribution in [0.15, 0.2) is 24.3 Å². The largest absolute Gasteiger partial charge is 0.416 e. The van der Waals surface area contributed by atoms with Crippen LogP contribution in [0, 0.1) is 11.8 Å². The first kappa shape index (κ1) is 23.7. The number of nitrogens with zero attached hydrogens (tertiary/aromatic N) is 1. The number of rotatable bonds is 4. The summed E-state index contributed by atoms with van der Waals surface area (Å²) in [6, 6.07) is 4.51. The molecule has 0 aliphatic carbocycles. The summed E-state index contributed by atoms with van der Waals surface area (Å²) in [5.74, 6) is -0.0476. The Bertz CT molecular complexity index is 826. The molecule has 1 aliphatic rings. The van der Waals surface area contributed by atoms with Crippen LogP contribution in [0.1, 0.15) is 52.2 Å². The van der Waals surface area contributed by atoms with Crippen molar-refractivity contribution in [3.63, 3.8) is 0 Å². The third-order valence-electron chi connectivity index (χ3n) is 5.79. The fraction of sp³-hybridized carbons (Fsp3) is 0.667. The second kappa shape index (κ2) is 8.28. The van der Waals surface area contributed by atoms with E-state index in [1.165, 1.54) is 12.1 Å². The van der Waals surface area contributed by atoms with E-state index >= 15 is 0 Å². The fourth-order valence-corrected chi connectivity index (χ4v) is 5.16. The second-order valence-electron chi connectivity index (χ2n) is 9.13. The van der Waals surface area contributed by atoms with Gasteiger partial charge in [-0.3, -0.25) is 4.79 Å². The third kappa shape index (κ3) is 5.74. The van der Waals surface area contributed by atoms with E-state index in [-0.39, 0.29) is 36.0 Å². The van der Waals surface area contributed by atoms with Gasteiger partial charge < -0.3 is 4.90 Å². The van der Waals surface area contributed by atoms with Gasteiger partial charge in [-0.05, 0) is 63.6 Å². The molecule has 3 unspecified atom stereocenters. The van der Waals surface area contributed by atoms with Gasteiger partial charge in [0.15, 0.2) is 9.84 Å². The molecule has 1 amide bonds. The Morgan fingerprint density at radius 3 is 2.14 bits per heavy atom. The monoisotopic (exact) mass is 433 g/mol. The van der Waals surface area contributed by atoms with Gasteiger partial charge in [0, 0.05) is 12.6 Å². The van der Waals surface area contributed by atoms with Crippen LogP contribution in [-0.4, -0.2) is 42.3 Å². The molecule has 0 N–H and O–H groups in total. The third-order valence-corrected chi connectivity index (χ3v) is 8.52. The van der Waals surface area contributed by atoms with E-state index in [1.54, 1.807) is 25.7 Å². The summed E-state index contributed by atoms with van der Waals surface area (Å²) < 4.78 is 62.4. The minimum Gasteiger partial charge on any atom is -0.339 e. The quantitative estimate of drug-likeness (QED) is 0.710. The number of sulfone groups is 1. The van der Waals surface area contributed by atoms with Crippen molar-refractivity contribution in [2.24, 2.45) is 11.8 Å². The Morgan fingerprint density at radius 1 is 1.10 bits per heavy atom. The van der Waals surface area contributed by atoms with Crippen LogP contribution < -0.4 is 0 Å². The first-order valence-corrected chi connectivity index (χ1v) is 11.4. The van der Waals surface area contributed by atoms with Crippen LogP contribution in [-0.2, 0) is 27.2 Å². The number of likely N-dealkylation sites (tertiary alicyclic amines) is 1. The van der Waals surface area contributed by atoms with E-state index in [0.29, 0.717) is 18.5 Å². The predicted octanol–water partition coefficient (Wildman–Crippen LogP) is 4.33. The van der Waals surface area contributed by atoms with Crippen molar-refractivity contribution in [1.29, 1.82) is 0 Å². The number of halogens is 3. The molecule has 1 aromatic rings. The molecule has 1 aliphatic heterocycles. The standard InChI is InChI=1S/C21H30F3NO3S/c1-14-12-25(15(2)10-17(14)13-29(27,28)20(3,4)5)19(26)11-16-6-8-18(9-7-16)21(22,23)24/h6-9,14-15,17H,10-13H2,1-5H3. The SMILES string of the molecule is CC1CN(C(=O)Cc2ccc(C(F)(F)F)cc2)C(C)CC1CS(=O)(=O)C(C)(C)C. The minimum absolute atomic E-state index is 0.0238. The van der Waals surface area contributed by atoms with E-state index in [4.69, 9.17) is 0 Å². The van der Waals surface area contributed by atoms with Crippen LogP contribution in [0.25, 0.3) is 0 Å². The smallest absolute Gasteiger partial charge is 0.339 e. The van der Waals surface area contributed by atoms with E-state index in [0.717, 1.165) is 12.1 Å². The lowest BCUT2D eigenvalue weighted by Crippen LogP contribution is -2.50. The summed E-state index contributed by atoms with van der Waals surface area (Å²) in [5.41, 5.74) is -0.211. The Morgan fingerprint density at radius 2 is 1.66 bits per heavy atom. The Balaban J connectivity index is 2.03. The van der Waals surface area contributed by atoms with Gasteiger partial charge in [0.25, 0.3) is 0 Å². The first-order valence-electron chi connectivity index (χ1n) is 9.79. The molecule has 1 fully saturated rings. The summed E-state index contributed by atoms with van der Waals surface area (Å²) >= 11 is 0. The zero-order valence-corrected chi connectivity index (χ0v) is 18.4. The van der Waals surface area contributed by atoms with Crippen LogP contribution in [0.5, 0.6) is 0 Å². The highest BCUT2D eigenvalue weighted by Gasteiger charge is 2.39. The van der Waals surface area contributed by atoms with Gasteiger partial charge in [0.2, 0.25) is 5.91 Å². The summed E-state index contributed by atoms with van der Waals surface area (Å²) in [6.07, 6.45) is -3.78. The highest BCUT2D eigenvalue weighted by Crippen LogP contribution is 2.32. The topological polar surface area (TPSA) is 54.5 Å². The maximum Gasteiger partial charge on any atom is 0.416 e. The summed E-state index contributed by atoms with van der Waals surface area (Å²) in [6.45, 7) is 9.38. The second-order valence-corrected chi connectivity index (χ2v) is 11.9. The molecular formula is C21H30F3NO3S. The van der Waals surface area contributed by atoms with Crippen LogP contribution in [0.3, 0.4) is 0 Å². The molecule has 1 saturated heterocycles. The summed E-state index contributed by atoms with van der Waals surface area (Å²) in [7, 11) is -3.25. The van der Waals surface area contributed by atoms with Gasteiger partial charge in [-0.2, -0.15) is 13.2 Å². The molecule has 8 heteroatoms. The number of carbonyl (C=O) groups is 1. The number of amides is 1. The number of alkyl halides is 3. The van der Waals surface area contributed by atoms with E-state index in [1.807, 2.05) is 13.8 Å². The molecule has 2 rings (SSSR count). The van der Waals surface area contributed by atoms with Gasteiger partial charge in [0.1, 0.15) is 0 Å². The van der Waals surface area contributed by atoms with Crippen LogP contribution in [0.2, 0.25) is 0 Å². The van der Waals surface area contributed by atoms with Crippen LogP contribution >= 0.6 is 0 Å². The van der Waals surface area contributed by atoms with Crippen molar-refractivity contribution in [3.05, 3.63) is 35.4 Å². The molecule has 4 nitrogen and oxygen atoms in total. The maximum atomic E-state index is 12.7. The molecule has 0 bridgehead atoms. The van der Waals surface area contributed by atoms with Gasteiger partial charge in [-0.1, -0.05) is 19.1 Å². The highest BCUT2D eigenvalue weighted by molar-refractivity contribution is 7.92. The number of hydrogen-bond donors (Lipinski definition) is 0. The molecule has 1 aromatic carbocycles. The van der Waals surface area contributed by atoms with E-state index in [2.05, 4.69) is 0 Å². The predicted molar refractivity (Wildman–Crippen MR) is 107 cm³/mol. The lowest BCUT2D eigenvalue weighted by atomic mass is 9.84. The average Bonchev–Trinajstić information content (AvgIpc) is 2.56. The number of carbonyl (C=O) groups excluding carboxylic acids is 1.